The van der Waals surface area contributed by atoms with Gasteiger partial charge in [-0.05, 0) is 55.2 Å². The second-order valence-corrected chi connectivity index (χ2v) is 7.11. The Bertz CT molecular complexity index is 870. The molecule has 0 aliphatic heterocycles. The number of pyridine rings is 1. The maximum Gasteiger partial charge on any atom is 0.234 e. The van der Waals surface area contributed by atoms with Crippen molar-refractivity contribution in [2.45, 2.75) is 32.9 Å². The van der Waals surface area contributed by atoms with E-state index in [1.807, 2.05) is 55.5 Å². The molecule has 1 amide bonds. The predicted molar refractivity (Wildman–Crippen MR) is 113 cm³/mol. The van der Waals surface area contributed by atoms with Crippen LogP contribution in [0.15, 0.2) is 72.9 Å². The van der Waals surface area contributed by atoms with Crippen molar-refractivity contribution in [2.24, 2.45) is 0 Å². The first-order chi connectivity index (χ1) is 13.5. The number of carbonyl (C=O) groups is 1. The number of nitrogens with zero attached hydrogens (tertiary/aromatic N) is 1. The van der Waals surface area contributed by atoms with Gasteiger partial charge < -0.3 is 5.32 Å². The molecule has 0 bridgehead atoms. The Morgan fingerprint density at radius 2 is 1.68 bits per heavy atom. The summed E-state index contributed by atoms with van der Waals surface area (Å²) >= 11 is 0. The Morgan fingerprint density at radius 1 is 0.929 bits per heavy atom. The first-order valence-corrected chi connectivity index (χ1v) is 9.60. The molecule has 2 aromatic carbocycles. The van der Waals surface area contributed by atoms with Gasteiger partial charge in [0.25, 0.3) is 0 Å². The average molecular weight is 374 g/mol. The van der Waals surface area contributed by atoms with Gasteiger partial charge in [0, 0.05) is 6.20 Å². The summed E-state index contributed by atoms with van der Waals surface area (Å²) in [5, 5.41) is 6.43. The van der Waals surface area contributed by atoms with E-state index in [0.29, 0.717) is 0 Å². The highest BCUT2D eigenvalue weighted by molar-refractivity contribution is 5.78. The lowest BCUT2D eigenvalue weighted by molar-refractivity contribution is -0.121. The number of aryl methyl sites for hydroxylation is 2. The highest BCUT2D eigenvalue weighted by Crippen LogP contribution is 2.20. The summed E-state index contributed by atoms with van der Waals surface area (Å²) in [6.07, 6.45) is 1.77. The van der Waals surface area contributed by atoms with Crippen molar-refractivity contribution in [3.8, 4) is 0 Å². The third-order valence-electron chi connectivity index (χ3n) is 4.99. The minimum Gasteiger partial charge on any atom is -0.348 e. The topological polar surface area (TPSA) is 54.0 Å². The maximum atomic E-state index is 12.6. The summed E-state index contributed by atoms with van der Waals surface area (Å²) in [4.78, 5) is 17.0. The molecule has 3 aromatic rings. The summed E-state index contributed by atoms with van der Waals surface area (Å²) < 4.78 is 0. The van der Waals surface area contributed by atoms with Crippen LogP contribution in [-0.2, 0) is 4.79 Å². The van der Waals surface area contributed by atoms with Crippen molar-refractivity contribution < 1.29 is 4.79 Å². The summed E-state index contributed by atoms with van der Waals surface area (Å²) in [6, 6.07) is 22.0. The molecule has 2 unspecified atom stereocenters. The summed E-state index contributed by atoms with van der Waals surface area (Å²) in [5.74, 6) is -0.0393. The largest absolute Gasteiger partial charge is 0.348 e. The molecule has 1 heterocycles. The van der Waals surface area contributed by atoms with Gasteiger partial charge in [0.15, 0.2) is 0 Å². The lowest BCUT2D eigenvalue weighted by atomic mass is 10.0. The van der Waals surface area contributed by atoms with Gasteiger partial charge in [-0.25, -0.2) is 0 Å². The Kier molecular flexibility index (Phi) is 6.56. The Morgan fingerprint density at radius 3 is 2.36 bits per heavy atom. The summed E-state index contributed by atoms with van der Waals surface area (Å²) in [7, 11) is 0. The highest BCUT2D eigenvalue weighted by atomic mass is 16.1. The number of carbonyl (C=O) groups excluding carboxylic acids is 1. The molecule has 1 aromatic heterocycles. The van der Waals surface area contributed by atoms with Crippen molar-refractivity contribution in [2.75, 3.05) is 6.54 Å². The lowest BCUT2D eigenvalue weighted by Gasteiger charge is -2.20. The molecule has 3 rings (SSSR count). The summed E-state index contributed by atoms with van der Waals surface area (Å²) in [6.45, 7) is 6.40. The number of rotatable bonds is 7. The molecule has 4 heteroatoms. The van der Waals surface area contributed by atoms with Crippen LogP contribution in [0, 0.1) is 13.8 Å². The predicted octanol–water partition coefficient (Wildman–Crippen LogP) is 4.25. The monoisotopic (exact) mass is 373 g/mol. The number of hydrogen-bond donors (Lipinski definition) is 2. The highest BCUT2D eigenvalue weighted by Gasteiger charge is 2.17. The van der Waals surface area contributed by atoms with Crippen molar-refractivity contribution in [3.05, 3.63) is 101 Å². The molecule has 0 aliphatic rings. The fraction of sp³-hybridized carbons (Fsp3) is 0.250. The molecule has 0 saturated heterocycles. The third-order valence-corrected chi connectivity index (χ3v) is 4.99. The minimum atomic E-state index is -0.134. The number of amides is 1. The second kappa shape index (κ2) is 9.29. The van der Waals surface area contributed by atoms with Crippen LogP contribution in [0.3, 0.4) is 0 Å². The van der Waals surface area contributed by atoms with E-state index >= 15 is 0 Å². The van der Waals surface area contributed by atoms with Crippen LogP contribution in [0.25, 0.3) is 0 Å². The standard InChI is InChI=1S/C24H27N3O/c1-17-12-13-21(15-18(17)2)19(3)27-23(28)16-26-24(20-9-5-4-6-10-20)22-11-7-8-14-25-22/h4-15,19,24,26H,16H2,1-3H3,(H,27,28). The van der Waals surface area contributed by atoms with E-state index in [1.165, 1.54) is 11.1 Å². The van der Waals surface area contributed by atoms with E-state index in [4.69, 9.17) is 0 Å². The molecular weight excluding hydrogens is 346 g/mol. The van der Waals surface area contributed by atoms with Crippen LogP contribution in [0.5, 0.6) is 0 Å². The SMILES string of the molecule is Cc1ccc(C(C)NC(=O)CNC(c2ccccc2)c2ccccn2)cc1C. The quantitative estimate of drug-likeness (QED) is 0.651. The number of nitrogens with one attached hydrogen (secondary N) is 2. The van der Waals surface area contributed by atoms with E-state index in [9.17, 15) is 4.79 Å². The molecule has 0 fully saturated rings. The normalized spacial score (nSPS) is 13.0. The molecule has 2 N–H and O–H groups in total. The second-order valence-electron chi connectivity index (χ2n) is 7.11. The Balaban J connectivity index is 1.66. The molecular formula is C24H27N3O. The van der Waals surface area contributed by atoms with Gasteiger partial charge in [0.05, 0.1) is 24.3 Å². The van der Waals surface area contributed by atoms with Gasteiger partial charge >= 0.3 is 0 Å². The van der Waals surface area contributed by atoms with E-state index < -0.39 is 0 Å². The van der Waals surface area contributed by atoms with Gasteiger partial charge in [0.1, 0.15) is 0 Å². The van der Waals surface area contributed by atoms with Gasteiger partial charge in [0.2, 0.25) is 5.91 Å². The van der Waals surface area contributed by atoms with E-state index in [2.05, 4.69) is 47.7 Å². The lowest BCUT2D eigenvalue weighted by Crippen LogP contribution is -2.37. The Labute approximate surface area is 167 Å². The molecule has 4 nitrogen and oxygen atoms in total. The zero-order valence-electron chi connectivity index (χ0n) is 16.6. The van der Waals surface area contributed by atoms with Gasteiger partial charge in [-0.2, -0.15) is 0 Å². The molecule has 28 heavy (non-hydrogen) atoms. The van der Waals surface area contributed by atoms with Gasteiger partial charge in [-0.1, -0.05) is 54.6 Å². The molecule has 144 valence electrons. The van der Waals surface area contributed by atoms with Crippen LogP contribution in [0.2, 0.25) is 0 Å². The van der Waals surface area contributed by atoms with Crippen molar-refractivity contribution >= 4 is 5.91 Å². The van der Waals surface area contributed by atoms with Crippen molar-refractivity contribution in [3.63, 3.8) is 0 Å². The average Bonchev–Trinajstić information content (AvgIpc) is 2.71. The smallest absolute Gasteiger partial charge is 0.234 e. The molecule has 0 saturated carbocycles. The molecule has 0 radical (unpaired) electrons. The fourth-order valence-corrected chi connectivity index (χ4v) is 3.19. The van der Waals surface area contributed by atoms with Crippen LogP contribution in [-0.4, -0.2) is 17.4 Å². The van der Waals surface area contributed by atoms with Crippen molar-refractivity contribution in [1.82, 2.24) is 15.6 Å². The van der Waals surface area contributed by atoms with Crippen molar-refractivity contribution in [1.29, 1.82) is 0 Å². The van der Waals surface area contributed by atoms with Crippen LogP contribution < -0.4 is 10.6 Å². The number of benzene rings is 2. The van der Waals surface area contributed by atoms with Crippen LogP contribution in [0.1, 0.15) is 47.0 Å². The van der Waals surface area contributed by atoms with E-state index in [1.54, 1.807) is 6.20 Å². The molecule has 0 spiro atoms. The first-order valence-electron chi connectivity index (χ1n) is 9.60. The zero-order valence-corrected chi connectivity index (χ0v) is 16.6. The summed E-state index contributed by atoms with van der Waals surface area (Å²) in [5.41, 5.74) is 5.57. The van der Waals surface area contributed by atoms with Crippen LogP contribution >= 0.6 is 0 Å². The maximum absolute atomic E-state index is 12.6. The fourth-order valence-electron chi connectivity index (χ4n) is 3.19. The zero-order chi connectivity index (χ0) is 19.9. The van der Waals surface area contributed by atoms with Crippen LogP contribution in [0.4, 0.5) is 0 Å². The first kappa shape index (κ1) is 19.8. The number of aromatic nitrogens is 1. The Hall–Kier alpha value is -2.98. The van der Waals surface area contributed by atoms with E-state index in [-0.39, 0.29) is 24.5 Å². The van der Waals surface area contributed by atoms with Gasteiger partial charge in [-0.15, -0.1) is 0 Å². The molecule has 0 aliphatic carbocycles. The molecule has 2 atom stereocenters. The van der Waals surface area contributed by atoms with Gasteiger partial charge in [-0.3, -0.25) is 15.1 Å². The third kappa shape index (κ3) is 5.05. The number of hydrogen-bond acceptors (Lipinski definition) is 3. The minimum absolute atomic E-state index is 0.0393. The van der Waals surface area contributed by atoms with E-state index in [0.717, 1.165) is 16.8 Å².